The first-order valence-corrected chi connectivity index (χ1v) is 7.55. The normalized spacial score (nSPS) is 33.1. The lowest BCUT2D eigenvalue weighted by Crippen LogP contribution is -2.47. The molecule has 0 spiro atoms. The van der Waals surface area contributed by atoms with Crippen molar-refractivity contribution in [2.45, 2.75) is 63.7 Å². The average Bonchev–Trinajstić information content (AvgIpc) is 2.95. The summed E-state index contributed by atoms with van der Waals surface area (Å²) in [5, 5.41) is 6.90. The van der Waals surface area contributed by atoms with Gasteiger partial charge >= 0.3 is 0 Å². The van der Waals surface area contributed by atoms with E-state index in [0.29, 0.717) is 18.2 Å². The largest absolute Gasteiger partial charge is 0.373 e. The number of hydrogen-bond donors (Lipinski definition) is 2. The molecular formula is C14H26IN3O. The standard InChI is InChI=1S/C14H25N3O.HI/c1-2-15-14(16-8-7-10-3-4-10)17-12-9-11-5-6-13(12)18-11;/h10-13H,2-9H2,1H3,(H2,15,16,17);1H. The summed E-state index contributed by atoms with van der Waals surface area (Å²) in [4.78, 5) is 4.68. The molecule has 0 aromatic heterocycles. The Bertz CT molecular complexity index is 320. The summed E-state index contributed by atoms with van der Waals surface area (Å²) in [5.41, 5.74) is 0. The molecule has 3 atom stereocenters. The van der Waals surface area contributed by atoms with Gasteiger partial charge in [-0.1, -0.05) is 12.8 Å². The first-order valence-electron chi connectivity index (χ1n) is 7.55. The number of fused-ring (bicyclic) bond motifs is 2. The maximum absolute atomic E-state index is 5.87. The molecule has 2 heterocycles. The van der Waals surface area contributed by atoms with Crippen LogP contribution in [-0.2, 0) is 4.74 Å². The third kappa shape index (κ3) is 4.21. The molecule has 3 fully saturated rings. The fourth-order valence-corrected chi connectivity index (χ4v) is 3.05. The molecule has 110 valence electrons. The lowest BCUT2D eigenvalue weighted by atomic mass is 9.96. The molecule has 2 aliphatic heterocycles. The van der Waals surface area contributed by atoms with Crippen LogP contribution in [0.4, 0.5) is 0 Å². The lowest BCUT2D eigenvalue weighted by molar-refractivity contribution is 0.0992. The van der Waals surface area contributed by atoms with Crippen molar-refractivity contribution in [1.29, 1.82) is 0 Å². The highest BCUT2D eigenvalue weighted by molar-refractivity contribution is 14.0. The summed E-state index contributed by atoms with van der Waals surface area (Å²) in [7, 11) is 0. The van der Waals surface area contributed by atoms with E-state index in [4.69, 9.17) is 4.74 Å². The molecule has 3 rings (SSSR count). The molecule has 2 N–H and O–H groups in total. The van der Waals surface area contributed by atoms with Gasteiger partial charge in [-0.15, -0.1) is 24.0 Å². The topological polar surface area (TPSA) is 45.7 Å². The monoisotopic (exact) mass is 379 g/mol. The van der Waals surface area contributed by atoms with Crippen LogP contribution in [0.15, 0.2) is 4.99 Å². The highest BCUT2D eigenvalue weighted by atomic mass is 127. The van der Waals surface area contributed by atoms with E-state index in [1.165, 1.54) is 32.1 Å². The lowest BCUT2D eigenvalue weighted by Gasteiger charge is -2.22. The van der Waals surface area contributed by atoms with E-state index in [1.54, 1.807) is 0 Å². The summed E-state index contributed by atoms with van der Waals surface area (Å²) in [6, 6.07) is 0.475. The van der Waals surface area contributed by atoms with Gasteiger partial charge < -0.3 is 15.4 Å². The molecule has 0 aromatic carbocycles. The second-order valence-corrected chi connectivity index (χ2v) is 5.85. The van der Waals surface area contributed by atoms with Crippen molar-refractivity contribution in [3.63, 3.8) is 0 Å². The van der Waals surface area contributed by atoms with Crippen molar-refractivity contribution in [3.05, 3.63) is 0 Å². The summed E-state index contributed by atoms with van der Waals surface area (Å²) < 4.78 is 5.87. The maximum Gasteiger partial charge on any atom is 0.191 e. The highest BCUT2D eigenvalue weighted by Gasteiger charge is 2.41. The molecule has 3 unspecified atom stereocenters. The number of guanidine groups is 1. The Balaban J connectivity index is 0.00000133. The van der Waals surface area contributed by atoms with E-state index in [9.17, 15) is 0 Å². The van der Waals surface area contributed by atoms with Crippen LogP contribution in [0.5, 0.6) is 0 Å². The fraction of sp³-hybridized carbons (Fsp3) is 0.929. The number of hydrogen-bond acceptors (Lipinski definition) is 2. The van der Waals surface area contributed by atoms with Gasteiger partial charge in [0.05, 0.1) is 18.2 Å². The van der Waals surface area contributed by atoms with Crippen LogP contribution >= 0.6 is 24.0 Å². The van der Waals surface area contributed by atoms with Gasteiger partial charge in [0.1, 0.15) is 0 Å². The van der Waals surface area contributed by atoms with Gasteiger partial charge in [0.25, 0.3) is 0 Å². The third-order valence-corrected chi connectivity index (χ3v) is 4.28. The molecular weight excluding hydrogens is 353 g/mol. The minimum Gasteiger partial charge on any atom is -0.373 e. The van der Waals surface area contributed by atoms with Crippen molar-refractivity contribution >= 4 is 29.9 Å². The molecule has 3 aliphatic rings. The van der Waals surface area contributed by atoms with E-state index < -0.39 is 0 Å². The Morgan fingerprint density at radius 3 is 2.68 bits per heavy atom. The van der Waals surface area contributed by atoms with Crippen LogP contribution in [0.1, 0.15) is 45.4 Å². The van der Waals surface area contributed by atoms with Gasteiger partial charge in [-0.3, -0.25) is 4.99 Å². The number of nitrogens with one attached hydrogen (secondary N) is 2. The molecule has 19 heavy (non-hydrogen) atoms. The van der Waals surface area contributed by atoms with Crippen molar-refractivity contribution in [2.75, 3.05) is 13.1 Å². The zero-order chi connectivity index (χ0) is 12.4. The number of aliphatic imine (C=N–C) groups is 1. The smallest absolute Gasteiger partial charge is 0.191 e. The molecule has 0 amide bonds. The molecule has 2 saturated heterocycles. The zero-order valence-corrected chi connectivity index (χ0v) is 14.1. The summed E-state index contributed by atoms with van der Waals surface area (Å²) >= 11 is 0. The molecule has 2 bridgehead atoms. The van der Waals surface area contributed by atoms with Gasteiger partial charge in [-0.25, -0.2) is 0 Å². The summed E-state index contributed by atoms with van der Waals surface area (Å²) in [6.07, 6.45) is 8.62. The molecule has 0 radical (unpaired) electrons. The summed E-state index contributed by atoms with van der Waals surface area (Å²) in [5.74, 6) is 1.95. The third-order valence-electron chi connectivity index (χ3n) is 4.28. The van der Waals surface area contributed by atoms with Gasteiger partial charge in [0.2, 0.25) is 0 Å². The van der Waals surface area contributed by atoms with Crippen molar-refractivity contribution < 1.29 is 4.74 Å². The Morgan fingerprint density at radius 1 is 1.26 bits per heavy atom. The molecule has 1 aliphatic carbocycles. The second-order valence-electron chi connectivity index (χ2n) is 5.85. The van der Waals surface area contributed by atoms with E-state index in [0.717, 1.165) is 31.4 Å². The quantitative estimate of drug-likeness (QED) is 0.438. The molecule has 1 saturated carbocycles. The average molecular weight is 379 g/mol. The van der Waals surface area contributed by atoms with Crippen molar-refractivity contribution in [1.82, 2.24) is 10.6 Å². The minimum absolute atomic E-state index is 0. The predicted molar refractivity (Wildman–Crippen MR) is 88.2 cm³/mol. The van der Waals surface area contributed by atoms with Crippen LogP contribution in [0.3, 0.4) is 0 Å². The van der Waals surface area contributed by atoms with Gasteiger partial charge in [0, 0.05) is 13.1 Å². The number of rotatable bonds is 5. The van der Waals surface area contributed by atoms with E-state index >= 15 is 0 Å². The first kappa shape index (κ1) is 15.4. The molecule has 5 heteroatoms. The zero-order valence-electron chi connectivity index (χ0n) is 11.7. The Hall–Kier alpha value is -0.0400. The Morgan fingerprint density at radius 2 is 2.11 bits per heavy atom. The fourth-order valence-electron chi connectivity index (χ4n) is 3.05. The molecule has 0 aromatic rings. The predicted octanol–water partition coefficient (Wildman–Crippen LogP) is 2.28. The van der Waals surface area contributed by atoms with Crippen molar-refractivity contribution in [3.8, 4) is 0 Å². The minimum atomic E-state index is 0. The van der Waals surface area contributed by atoms with E-state index in [1.807, 2.05) is 0 Å². The van der Waals surface area contributed by atoms with Crippen LogP contribution in [0.2, 0.25) is 0 Å². The maximum atomic E-state index is 5.87. The van der Waals surface area contributed by atoms with Crippen molar-refractivity contribution in [2.24, 2.45) is 10.9 Å². The highest BCUT2D eigenvalue weighted by Crippen LogP contribution is 2.34. The van der Waals surface area contributed by atoms with Crippen LogP contribution in [-0.4, -0.2) is 37.3 Å². The Kier molecular flexibility index (Phi) is 5.74. The molecule has 4 nitrogen and oxygen atoms in total. The van der Waals surface area contributed by atoms with Crippen LogP contribution in [0, 0.1) is 5.92 Å². The van der Waals surface area contributed by atoms with E-state index in [-0.39, 0.29) is 24.0 Å². The number of halogens is 1. The second kappa shape index (κ2) is 7.11. The van der Waals surface area contributed by atoms with Crippen LogP contribution < -0.4 is 10.6 Å². The van der Waals surface area contributed by atoms with Gasteiger partial charge in [-0.05, 0) is 38.5 Å². The van der Waals surface area contributed by atoms with E-state index in [2.05, 4.69) is 22.5 Å². The number of ether oxygens (including phenoxy) is 1. The van der Waals surface area contributed by atoms with Gasteiger partial charge in [0.15, 0.2) is 5.96 Å². The van der Waals surface area contributed by atoms with Gasteiger partial charge in [-0.2, -0.15) is 0 Å². The number of nitrogens with zero attached hydrogens (tertiary/aromatic N) is 1. The Labute approximate surface area is 133 Å². The summed E-state index contributed by atoms with van der Waals surface area (Å²) in [6.45, 7) is 4.01. The SMILES string of the molecule is CCNC(=NCCC1CC1)NC1CC2CCC1O2.I. The van der Waals surface area contributed by atoms with Crippen LogP contribution in [0.25, 0.3) is 0 Å². The first-order chi connectivity index (χ1) is 8.85.